The molecule has 0 saturated carbocycles. The standard InChI is InChI=1S/C23H21N5O/c1-16-10-6-8-14-19(16)24-21-26-22(25-20-15-9-7-11-17(20)2)28-23(27-21)29-18-12-4-3-5-13-18/h3-15H,1-2H3,(H2,24,25,26,27,28). The SMILES string of the molecule is Cc1ccccc1Nc1nc(Nc2ccccc2C)nc(Oc2ccccc2)n1. The highest BCUT2D eigenvalue weighted by atomic mass is 16.5. The van der Waals surface area contributed by atoms with Crippen molar-refractivity contribution in [3.8, 4) is 11.8 Å². The highest BCUT2D eigenvalue weighted by Gasteiger charge is 2.11. The summed E-state index contributed by atoms with van der Waals surface area (Å²) in [5, 5.41) is 6.51. The lowest BCUT2D eigenvalue weighted by Gasteiger charge is -2.12. The van der Waals surface area contributed by atoms with Crippen LogP contribution < -0.4 is 15.4 Å². The van der Waals surface area contributed by atoms with Crippen LogP contribution in [0.5, 0.6) is 11.8 Å². The number of hydrogen-bond acceptors (Lipinski definition) is 6. The van der Waals surface area contributed by atoms with Gasteiger partial charge in [0.15, 0.2) is 0 Å². The molecule has 6 nitrogen and oxygen atoms in total. The van der Waals surface area contributed by atoms with Gasteiger partial charge < -0.3 is 15.4 Å². The van der Waals surface area contributed by atoms with E-state index in [-0.39, 0.29) is 6.01 Å². The first kappa shape index (κ1) is 18.4. The molecule has 1 heterocycles. The first-order valence-electron chi connectivity index (χ1n) is 9.32. The van der Waals surface area contributed by atoms with Crippen LogP contribution in [0.2, 0.25) is 0 Å². The van der Waals surface area contributed by atoms with Gasteiger partial charge in [-0.3, -0.25) is 0 Å². The molecule has 0 aliphatic heterocycles. The zero-order chi connectivity index (χ0) is 20.1. The van der Waals surface area contributed by atoms with E-state index < -0.39 is 0 Å². The number of ether oxygens (including phenoxy) is 1. The molecular formula is C23H21N5O. The van der Waals surface area contributed by atoms with Crippen LogP contribution in [0.15, 0.2) is 78.9 Å². The summed E-state index contributed by atoms with van der Waals surface area (Å²) in [7, 11) is 0. The Balaban J connectivity index is 1.68. The summed E-state index contributed by atoms with van der Waals surface area (Å²) in [4.78, 5) is 13.4. The van der Waals surface area contributed by atoms with Crippen molar-refractivity contribution in [3.63, 3.8) is 0 Å². The number of nitrogens with one attached hydrogen (secondary N) is 2. The van der Waals surface area contributed by atoms with Crippen LogP contribution in [0, 0.1) is 13.8 Å². The molecule has 3 aromatic carbocycles. The number of anilines is 4. The molecule has 4 aromatic rings. The lowest BCUT2D eigenvalue weighted by atomic mass is 10.2. The minimum Gasteiger partial charge on any atom is -0.424 e. The molecule has 29 heavy (non-hydrogen) atoms. The van der Waals surface area contributed by atoms with Crippen molar-refractivity contribution in [2.75, 3.05) is 10.6 Å². The molecule has 0 unspecified atom stereocenters. The number of aryl methyl sites for hydroxylation is 2. The predicted octanol–water partition coefficient (Wildman–Crippen LogP) is 5.77. The fraction of sp³-hybridized carbons (Fsp3) is 0.0870. The normalized spacial score (nSPS) is 10.4. The minimum atomic E-state index is 0.207. The van der Waals surface area contributed by atoms with Crippen molar-refractivity contribution < 1.29 is 4.74 Å². The summed E-state index contributed by atoms with van der Waals surface area (Å²) in [5.74, 6) is 1.45. The van der Waals surface area contributed by atoms with Gasteiger partial charge in [0.05, 0.1) is 0 Å². The van der Waals surface area contributed by atoms with Crippen molar-refractivity contribution >= 4 is 23.3 Å². The van der Waals surface area contributed by atoms with Crippen LogP contribution in [-0.4, -0.2) is 15.0 Å². The van der Waals surface area contributed by atoms with E-state index in [9.17, 15) is 0 Å². The van der Waals surface area contributed by atoms with E-state index in [0.717, 1.165) is 22.5 Å². The third-order valence-corrected chi connectivity index (χ3v) is 4.35. The lowest BCUT2D eigenvalue weighted by Crippen LogP contribution is -2.06. The quantitative estimate of drug-likeness (QED) is 0.440. The molecule has 0 amide bonds. The summed E-state index contributed by atoms with van der Waals surface area (Å²) in [5.41, 5.74) is 4.02. The number of hydrogen-bond donors (Lipinski definition) is 2. The van der Waals surface area contributed by atoms with Gasteiger partial charge >= 0.3 is 6.01 Å². The molecule has 6 heteroatoms. The Morgan fingerprint density at radius 1 is 0.586 bits per heavy atom. The number of nitrogens with zero attached hydrogens (tertiary/aromatic N) is 3. The van der Waals surface area contributed by atoms with Gasteiger partial charge in [0.2, 0.25) is 11.9 Å². The first-order valence-corrected chi connectivity index (χ1v) is 9.32. The van der Waals surface area contributed by atoms with Gasteiger partial charge in [-0.15, -0.1) is 0 Å². The van der Waals surface area contributed by atoms with Crippen molar-refractivity contribution in [1.82, 2.24) is 15.0 Å². The van der Waals surface area contributed by atoms with Crippen molar-refractivity contribution in [1.29, 1.82) is 0 Å². The van der Waals surface area contributed by atoms with E-state index in [1.165, 1.54) is 0 Å². The molecule has 0 aliphatic rings. The average Bonchev–Trinajstić information content (AvgIpc) is 2.72. The molecule has 0 fully saturated rings. The van der Waals surface area contributed by atoms with Gasteiger partial charge in [-0.05, 0) is 49.2 Å². The van der Waals surface area contributed by atoms with Gasteiger partial charge in [0, 0.05) is 11.4 Å². The zero-order valence-electron chi connectivity index (χ0n) is 16.3. The van der Waals surface area contributed by atoms with E-state index in [1.54, 1.807) is 0 Å². The maximum absolute atomic E-state index is 5.85. The molecule has 0 aliphatic carbocycles. The zero-order valence-corrected chi connectivity index (χ0v) is 16.3. The summed E-state index contributed by atoms with van der Waals surface area (Å²) in [6, 6.07) is 25.5. The van der Waals surface area contributed by atoms with Crippen molar-refractivity contribution in [2.45, 2.75) is 13.8 Å². The smallest absolute Gasteiger partial charge is 0.328 e. The number of rotatable bonds is 6. The monoisotopic (exact) mass is 383 g/mol. The second kappa shape index (κ2) is 8.39. The molecule has 0 radical (unpaired) electrons. The van der Waals surface area contributed by atoms with Gasteiger partial charge in [-0.25, -0.2) is 0 Å². The second-order valence-electron chi connectivity index (χ2n) is 6.56. The molecule has 0 spiro atoms. The fourth-order valence-electron chi connectivity index (χ4n) is 2.78. The van der Waals surface area contributed by atoms with Crippen molar-refractivity contribution in [3.05, 3.63) is 90.0 Å². The molecule has 0 bridgehead atoms. The Bertz CT molecular complexity index is 1050. The van der Waals surface area contributed by atoms with Gasteiger partial charge in [-0.1, -0.05) is 54.6 Å². The Morgan fingerprint density at radius 2 is 1.07 bits per heavy atom. The molecular weight excluding hydrogens is 362 g/mol. The molecule has 0 atom stereocenters. The van der Waals surface area contributed by atoms with Crippen LogP contribution in [0.3, 0.4) is 0 Å². The molecule has 2 N–H and O–H groups in total. The van der Waals surface area contributed by atoms with Crippen LogP contribution in [0.4, 0.5) is 23.3 Å². The summed E-state index contributed by atoms with van der Waals surface area (Å²) in [6.07, 6.45) is 0. The average molecular weight is 383 g/mol. The van der Waals surface area contributed by atoms with Crippen LogP contribution in [0.1, 0.15) is 11.1 Å². The summed E-state index contributed by atoms with van der Waals surface area (Å²) in [6.45, 7) is 4.05. The highest BCUT2D eigenvalue weighted by molar-refractivity contribution is 5.61. The predicted molar refractivity (Wildman–Crippen MR) is 115 cm³/mol. The van der Waals surface area contributed by atoms with Crippen LogP contribution in [0.25, 0.3) is 0 Å². The summed E-state index contributed by atoms with van der Waals surface area (Å²) >= 11 is 0. The Labute approximate surface area is 169 Å². The lowest BCUT2D eigenvalue weighted by molar-refractivity contribution is 0.441. The largest absolute Gasteiger partial charge is 0.424 e. The molecule has 0 saturated heterocycles. The van der Waals surface area contributed by atoms with E-state index in [0.29, 0.717) is 17.6 Å². The molecule has 144 valence electrons. The van der Waals surface area contributed by atoms with E-state index in [1.807, 2.05) is 92.7 Å². The summed E-state index contributed by atoms with van der Waals surface area (Å²) < 4.78 is 5.85. The highest BCUT2D eigenvalue weighted by Crippen LogP contribution is 2.25. The van der Waals surface area contributed by atoms with Gasteiger partial charge in [-0.2, -0.15) is 15.0 Å². The maximum atomic E-state index is 5.85. The number of benzene rings is 3. The Kier molecular flexibility index (Phi) is 5.33. The maximum Gasteiger partial charge on any atom is 0.328 e. The van der Waals surface area contributed by atoms with Crippen LogP contribution >= 0.6 is 0 Å². The first-order chi connectivity index (χ1) is 14.2. The molecule has 1 aromatic heterocycles. The van der Waals surface area contributed by atoms with E-state index in [4.69, 9.17) is 4.74 Å². The second-order valence-corrected chi connectivity index (χ2v) is 6.56. The third kappa shape index (κ3) is 4.68. The van der Waals surface area contributed by atoms with Gasteiger partial charge in [0.25, 0.3) is 0 Å². The fourth-order valence-corrected chi connectivity index (χ4v) is 2.78. The van der Waals surface area contributed by atoms with E-state index in [2.05, 4.69) is 25.6 Å². The molecule has 4 rings (SSSR count). The van der Waals surface area contributed by atoms with Gasteiger partial charge in [0.1, 0.15) is 5.75 Å². The Hall–Kier alpha value is -3.93. The number of aromatic nitrogens is 3. The van der Waals surface area contributed by atoms with Crippen molar-refractivity contribution in [2.24, 2.45) is 0 Å². The number of para-hydroxylation sites is 3. The third-order valence-electron chi connectivity index (χ3n) is 4.35. The van der Waals surface area contributed by atoms with E-state index >= 15 is 0 Å². The van der Waals surface area contributed by atoms with Crippen LogP contribution in [-0.2, 0) is 0 Å². The Morgan fingerprint density at radius 3 is 1.59 bits per heavy atom. The topological polar surface area (TPSA) is 72.0 Å². The minimum absolute atomic E-state index is 0.207.